The van der Waals surface area contributed by atoms with E-state index < -0.39 is 0 Å². The van der Waals surface area contributed by atoms with Gasteiger partial charge in [-0.3, -0.25) is 4.99 Å². The summed E-state index contributed by atoms with van der Waals surface area (Å²) in [7, 11) is 0. The van der Waals surface area contributed by atoms with Crippen molar-refractivity contribution in [1.29, 1.82) is 0 Å². The molecule has 1 heterocycles. The summed E-state index contributed by atoms with van der Waals surface area (Å²) in [4.78, 5) is 3.86. The summed E-state index contributed by atoms with van der Waals surface area (Å²) >= 11 is 0. The summed E-state index contributed by atoms with van der Waals surface area (Å²) in [5, 5.41) is 0. The summed E-state index contributed by atoms with van der Waals surface area (Å²) in [6.45, 7) is 2.00. The molecule has 0 aliphatic carbocycles. The van der Waals surface area contributed by atoms with Crippen molar-refractivity contribution in [2.45, 2.75) is 6.92 Å². The summed E-state index contributed by atoms with van der Waals surface area (Å²) in [6, 6.07) is 0. The molecule has 0 aromatic carbocycles. The molecule has 1 aliphatic rings. The number of nitrogens with zero attached hydrogens (tertiary/aromatic N) is 1. The summed E-state index contributed by atoms with van der Waals surface area (Å²) < 4.78 is 0. The predicted molar refractivity (Wildman–Crippen MR) is 31.4 cm³/mol. The maximum atomic E-state index is 3.86. The maximum Gasteiger partial charge on any atom is 0.0337 e. The monoisotopic (exact) mass is 93.1 g/mol. The van der Waals surface area contributed by atoms with Crippen LogP contribution in [0.15, 0.2) is 28.9 Å². The highest BCUT2D eigenvalue weighted by Gasteiger charge is 1.85. The van der Waals surface area contributed by atoms with Crippen LogP contribution in [0.5, 0.6) is 0 Å². The Hall–Kier alpha value is -0.850. The van der Waals surface area contributed by atoms with E-state index in [0.717, 1.165) is 0 Å². The maximum absolute atomic E-state index is 3.86. The third-order valence-electron chi connectivity index (χ3n) is 0.910. The molecule has 1 nitrogen and oxygen atoms in total. The molecule has 0 spiro atoms. The minimum atomic E-state index is 1.19. The third kappa shape index (κ3) is 0.769. The second-order valence-corrected chi connectivity index (χ2v) is 1.38. The van der Waals surface area contributed by atoms with Crippen LogP contribution in [-0.2, 0) is 0 Å². The molecule has 7 heavy (non-hydrogen) atoms. The van der Waals surface area contributed by atoms with Crippen molar-refractivity contribution < 1.29 is 0 Å². The van der Waals surface area contributed by atoms with Gasteiger partial charge in [-0.1, -0.05) is 6.08 Å². The fourth-order valence-corrected chi connectivity index (χ4v) is 0.472. The summed E-state index contributed by atoms with van der Waals surface area (Å²) in [5.74, 6) is 0. The van der Waals surface area contributed by atoms with Crippen LogP contribution in [0, 0.1) is 0 Å². The molecule has 0 N–H and O–H groups in total. The number of allylic oxidation sites excluding steroid dienone is 3. The molecule has 0 amide bonds. The van der Waals surface area contributed by atoms with Crippen LogP contribution < -0.4 is 0 Å². The van der Waals surface area contributed by atoms with Crippen LogP contribution in [0.4, 0.5) is 0 Å². The fourth-order valence-electron chi connectivity index (χ4n) is 0.472. The lowest BCUT2D eigenvalue weighted by Crippen LogP contribution is -1.67. The van der Waals surface area contributed by atoms with Gasteiger partial charge in [-0.15, -0.1) is 0 Å². The highest BCUT2D eigenvalue weighted by atomic mass is 14.7. The first-order valence-electron chi connectivity index (χ1n) is 2.29. The molecule has 0 radical (unpaired) electrons. The van der Waals surface area contributed by atoms with Crippen molar-refractivity contribution >= 4 is 6.21 Å². The molecule has 0 aromatic heterocycles. The Morgan fingerprint density at radius 2 is 2.57 bits per heavy atom. The number of aliphatic imine (C=N–C) groups is 1. The van der Waals surface area contributed by atoms with E-state index in [9.17, 15) is 0 Å². The Bertz CT molecular complexity index is 126. The average Bonchev–Trinajstić information content (AvgIpc) is 2.14. The van der Waals surface area contributed by atoms with Gasteiger partial charge in [-0.05, 0) is 18.6 Å². The lowest BCUT2D eigenvalue weighted by molar-refractivity contribution is 1.65. The predicted octanol–water partition coefficient (Wildman–Crippen LogP) is 1.53. The molecule has 0 saturated carbocycles. The van der Waals surface area contributed by atoms with E-state index >= 15 is 0 Å². The van der Waals surface area contributed by atoms with Gasteiger partial charge < -0.3 is 0 Å². The molecule has 0 atom stereocenters. The van der Waals surface area contributed by atoms with Crippen molar-refractivity contribution in [3.63, 3.8) is 0 Å². The molecule has 0 fully saturated rings. The molecular formula is C6H7N. The lowest BCUT2D eigenvalue weighted by atomic mass is 10.3. The van der Waals surface area contributed by atoms with E-state index in [4.69, 9.17) is 0 Å². The second kappa shape index (κ2) is 1.73. The van der Waals surface area contributed by atoms with Crippen molar-refractivity contribution in [3.05, 3.63) is 23.9 Å². The fraction of sp³-hybridized carbons (Fsp3) is 0.167. The minimum Gasteiger partial charge on any atom is -0.264 e. The molecule has 1 heteroatoms. The summed E-state index contributed by atoms with van der Waals surface area (Å²) in [5.41, 5.74) is 1.19. The van der Waals surface area contributed by atoms with Gasteiger partial charge in [0.15, 0.2) is 0 Å². The molecule has 1 aliphatic heterocycles. The van der Waals surface area contributed by atoms with Gasteiger partial charge in [-0.25, -0.2) is 0 Å². The van der Waals surface area contributed by atoms with Gasteiger partial charge in [-0.2, -0.15) is 0 Å². The first-order chi connectivity index (χ1) is 3.43. The van der Waals surface area contributed by atoms with Gasteiger partial charge >= 0.3 is 0 Å². The minimum absolute atomic E-state index is 1.19. The van der Waals surface area contributed by atoms with Gasteiger partial charge in [0.25, 0.3) is 0 Å². The number of hydrogen-bond donors (Lipinski definition) is 0. The third-order valence-corrected chi connectivity index (χ3v) is 0.910. The lowest BCUT2D eigenvalue weighted by Gasteiger charge is -1.75. The van der Waals surface area contributed by atoms with Crippen molar-refractivity contribution in [2.75, 3.05) is 0 Å². The highest BCUT2D eigenvalue weighted by molar-refractivity contribution is 5.85. The zero-order chi connectivity index (χ0) is 5.11. The summed E-state index contributed by atoms with van der Waals surface area (Å²) in [6.07, 6.45) is 7.61. The van der Waals surface area contributed by atoms with E-state index in [1.165, 1.54) is 5.57 Å². The van der Waals surface area contributed by atoms with Gasteiger partial charge in [0.1, 0.15) is 0 Å². The quantitative estimate of drug-likeness (QED) is 0.430. The van der Waals surface area contributed by atoms with Crippen LogP contribution in [0.2, 0.25) is 0 Å². The van der Waals surface area contributed by atoms with Crippen molar-refractivity contribution in [1.82, 2.24) is 0 Å². The smallest absolute Gasteiger partial charge is 0.0337 e. The van der Waals surface area contributed by atoms with Crippen LogP contribution in [0.25, 0.3) is 0 Å². The zero-order valence-corrected chi connectivity index (χ0v) is 4.26. The van der Waals surface area contributed by atoms with Gasteiger partial charge in [0.2, 0.25) is 0 Å². The average molecular weight is 93.1 g/mol. The molecule has 36 valence electrons. The molecule has 1 rings (SSSR count). The van der Waals surface area contributed by atoms with E-state index in [-0.39, 0.29) is 0 Å². The van der Waals surface area contributed by atoms with Crippen LogP contribution in [0.3, 0.4) is 0 Å². The second-order valence-electron chi connectivity index (χ2n) is 1.38. The largest absolute Gasteiger partial charge is 0.264 e. The van der Waals surface area contributed by atoms with Gasteiger partial charge in [0, 0.05) is 12.4 Å². The first kappa shape index (κ1) is 4.31. The molecular weight excluding hydrogens is 86.1 g/mol. The van der Waals surface area contributed by atoms with E-state index in [1.807, 2.05) is 25.3 Å². The van der Waals surface area contributed by atoms with Crippen molar-refractivity contribution in [2.24, 2.45) is 4.99 Å². The van der Waals surface area contributed by atoms with E-state index in [2.05, 4.69) is 4.99 Å². The van der Waals surface area contributed by atoms with Gasteiger partial charge in [0.05, 0.1) is 0 Å². The topological polar surface area (TPSA) is 12.4 Å². The molecule has 0 saturated heterocycles. The Labute approximate surface area is 43.1 Å². The number of rotatable bonds is 0. The number of hydrogen-bond acceptors (Lipinski definition) is 1. The van der Waals surface area contributed by atoms with Crippen LogP contribution in [-0.4, -0.2) is 6.21 Å². The van der Waals surface area contributed by atoms with Crippen molar-refractivity contribution in [3.8, 4) is 0 Å². The molecule has 0 bridgehead atoms. The Morgan fingerprint density at radius 1 is 1.71 bits per heavy atom. The zero-order valence-electron chi connectivity index (χ0n) is 4.26. The SMILES string of the molecule is C/C=C1/C=CN=C1. The standard InChI is InChI=1S/C6H7N/c1-2-6-3-4-7-5-6/h2-5H,1H3/b6-2-. The molecule has 0 aromatic rings. The van der Waals surface area contributed by atoms with E-state index in [1.54, 1.807) is 6.20 Å². The van der Waals surface area contributed by atoms with Crippen LogP contribution >= 0.6 is 0 Å². The Morgan fingerprint density at radius 3 is 2.86 bits per heavy atom. The Balaban J connectivity index is 2.79. The molecule has 0 unspecified atom stereocenters. The Kier molecular flexibility index (Phi) is 1.07. The van der Waals surface area contributed by atoms with Crippen LogP contribution in [0.1, 0.15) is 6.92 Å². The first-order valence-corrected chi connectivity index (χ1v) is 2.29. The highest BCUT2D eigenvalue weighted by Crippen LogP contribution is 1.98. The normalized spacial score (nSPS) is 22.1. The van der Waals surface area contributed by atoms with E-state index in [0.29, 0.717) is 0 Å².